The first kappa shape index (κ1) is 13.8. The molecule has 0 amide bonds. The third kappa shape index (κ3) is 3.65. The van der Waals surface area contributed by atoms with Gasteiger partial charge >= 0.3 is 0 Å². The van der Waals surface area contributed by atoms with E-state index in [1.54, 1.807) is 29.8 Å². The number of hydrogen-bond donors (Lipinski definition) is 1. The first-order chi connectivity index (χ1) is 9.35. The number of nitrogens with one attached hydrogen (secondary N) is 1. The lowest BCUT2D eigenvalue weighted by Gasteiger charge is -2.06. The van der Waals surface area contributed by atoms with E-state index in [4.69, 9.17) is 4.74 Å². The van der Waals surface area contributed by atoms with Gasteiger partial charge in [0.25, 0.3) is 0 Å². The van der Waals surface area contributed by atoms with Crippen LogP contribution < -0.4 is 10.1 Å². The average Bonchev–Trinajstić information content (AvgIpc) is 2.90. The minimum atomic E-state index is 0.643. The van der Waals surface area contributed by atoms with E-state index in [9.17, 15) is 0 Å². The average molecular weight is 280 g/mol. The van der Waals surface area contributed by atoms with Gasteiger partial charge in [-0.2, -0.15) is 0 Å². The molecule has 1 N–H and O–H groups in total. The van der Waals surface area contributed by atoms with Gasteiger partial charge in [0.15, 0.2) is 0 Å². The molecule has 0 saturated heterocycles. The Kier molecular flexibility index (Phi) is 5.10. The Hall–Kier alpha value is -1.67. The normalized spacial score (nSPS) is 10.6. The Morgan fingerprint density at radius 1 is 1.47 bits per heavy atom. The summed E-state index contributed by atoms with van der Waals surface area (Å²) in [5.41, 5.74) is 1.03. The summed E-state index contributed by atoms with van der Waals surface area (Å²) < 4.78 is 7.00. The molecular formula is C11H16N6OS. The first-order valence-electron chi connectivity index (χ1n) is 5.86. The number of nitrogens with zero attached hydrogens (tertiary/aromatic N) is 5. The summed E-state index contributed by atoms with van der Waals surface area (Å²) in [6.07, 6.45) is 1.71. The Balaban J connectivity index is 2.00. The van der Waals surface area contributed by atoms with Crippen molar-refractivity contribution in [2.45, 2.75) is 17.5 Å². The van der Waals surface area contributed by atoms with Crippen LogP contribution in [0.15, 0.2) is 23.5 Å². The molecular weight excluding hydrogens is 264 g/mol. The summed E-state index contributed by atoms with van der Waals surface area (Å²) in [6.45, 7) is 1.57. The zero-order chi connectivity index (χ0) is 13.5. The first-order valence-corrected chi connectivity index (χ1v) is 6.85. The molecule has 0 aromatic carbocycles. The van der Waals surface area contributed by atoms with Crippen LogP contribution in [0.25, 0.3) is 0 Å². The summed E-state index contributed by atoms with van der Waals surface area (Å²) in [6, 6.07) is 3.88. The van der Waals surface area contributed by atoms with Crippen LogP contribution in [-0.2, 0) is 12.3 Å². The Labute approximate surface area is 115 Å². The van der Waals surface area contributed by atoms with Crippen LogP contribution in [0.5, 0.6) is 5.88 Å². The molecule has 0 unspecified atom stereocenters. The number of aromatic nitrogens is 5. The highest BCUT2D eigenvalue weighted by Crippen LogP contribution is 2.24. The highest BCUT2D eigenvalue weighted by atomic mass is 32.2. The van der Waals surface area contributed by atoms with E-state index >= 15 is 0 Å². The number of ether oxygens (including phenoxy) is 1. The number of thioether (sulfide) groups is 1. The van der Waals surface area contributed by atoms with Crippen molar-refractivity contribution in [3.8, 4) is 5.88 Å². The summed E-state index contributed by atoms with van der Waals surface area (Å²) in [4.78, 5) is 4.17. The molecule has 0 bridgehead atoms. The molecule has 0 atom stereocenters. The molecule has 0 spiro atoms. The van der Waals surface area contributed by atoms with Crippen molar-refractivity contribution in [1.82, 2.24) is 30.5 Å². The second-order valence-corrected chi connectivity index (χ2v) is 4.69. The highest BCUT2D eigenvalue weighted by Gasteiger charge is 2.09. The molecule has 2 heterocycles. The fourth-order valence-electron chi connectivity index (χ4n) is 1.52. The van der Waals surface area contributed by atoms with Crippen LogP contribution in [0.2, 0.25) is 0 Å². The van der Waals surface area contributed by atoms with Crippen LogP contribution in [0.1, 0.15) is 5.56 Å². The fraction of sp³-hybridized carbons (Fsp3) is 0.455. The number of hydrogen-bond acceptors (Lipinski definition) is 7. The van der Waals surface area contributed by atoms with Crippen LogP contribution in [0.4, 0.5) is 0 Å². The van der Waals surface area contributed by atoms with Gasteiger partial charge in [0, 0.05) is 24.1 Å². The number of methoxy groups -OCH3 is 1. The Morgan fingerprint density at radius 2 is 2.37 bits per heavy atom. The van der Waals surface area contributed by atoms with Crippen molar-refractivity contribution in [2.24, 2.45) is 0 Å². The summed E-state index contributed by atoms with van der Waals surface area (Å²) in [5.74, 6) is 1.36. The van der Waals surface area contributed by atoms with Crippen molar-refractivity contribution in [2.75, 3.05) is 20.7 Å². The van der Waals surface area contributed by atoms with Crippen molar-refractivity contribution < 1.29 is 4.74 Å². The molecule has 0 fully saturated rings. The molecule has 0 aliphatic rings. The standard InChI is InChI=1S/C11H16N6OS/c1-12-6-7-17-11(14-15-16-17)19-8-9-4-3-5-13-10(9)18-2/h3-5,12H,6-8H2,1-2H3. The van der Waals surface area contributed by atoms with Gasteiger partial charge in [-0.25, -0.2) is 9.67 Å². The van der Waals surface area contributed by atoms with Gasteiger partial charge in [-0.3, -0.25) is 0 Å². The van der Waals surface area contributed by atoms with E-state index in [1.165, 1.54) is 0 Å². The molecule has 2 rings (SSSR count). The smallest absolute Gasteiger partial charge is 0.217 e. The summed E-state index contributed by atoms with van der Waals surface area (Å²) in [7, 11) is 3.52. The summed E-state index contributed by atoms with van der Waals surface area (Å²) in [5, 5.41) is 15.5. The second-order valence-electron chi connectivity index (χ2n) is 3.75. The lowest BCUT2D eigenvalue weighted by atomic mass is 10.3. The summed E-state index contributed by atoms with van der Waals surface area (Å²) >= 11 is 1.57. The predicted molar refractivity (Wildman–Crippen MR) is 72.1 cm³/mol. The van der Waals surface area contributed by atoms with E-state index in [0.29, 0.717) is 5.88 Å². The van der Waals surface area contributed by atoms with Crippen molar-refractivity contribution >= 4 is 11.8 Å². The van der Waals surface area contributed by atoms with Crippen molar-refractivity contribution in [3.05, 3.63) is 23.9 Å². The van der Waals surface area contributed by atoms with Gasteiger partial charge in [-0.15, -0.1) is 5.10 Å². The van der Waals surface area contributed by atoms with Crippen molar-refractivity contribution in [1.29, 1.82) is 0 Å². The van der Waals surface area contributed by atoms with Gasteiger partial charge < -0.3 is 10.1 Å². The molecule has 8 heteroatoms. The Morgan fingerprint density at radius 3 is 3.16 bits per heavy atom. The van der Waals surface area contributed by atoms with E-state index in [0.717, 1.165) is 29.6 Å². The number of likely N-dealkylation sites (N-methyl/N-ethyl adjacent to an activating group) is 1. The molecule has 102 valence electrons. The van der Waals surface area contributed by atoms with Gasteiger partial charge in [-0.1, -0.05) is 17.8 Å². The van der Waals surface area contributed by atoms with E-state index < -0.39 is 0 Å². The maximum absolute atomic E-state index is 5.22. The largest absolute Gasteiger partial charge is 0.481 e. The number of tetrazole rings is 1. The molecule has 0 aliphatic carbocycles. The molecule has 0 radical (unpaired) electrons. The molecule has 0 aliphatic heterocycles. The van der Waals surface area contributed by atoms with Crippen LogP contribution in [0, 0.1) is 0 Å². The zero-order valence-electron chi connectivity index (χ0n) is 10.9. The highest BCUT2D eigenvalue weighted by molar-refractivity contribution is 7.98. The molecule has 2 aromatic rings. The maximum Gasteiger partial charge on any atom is 0.217 e. The maximum atomic E-state index is 5.22. The van der Waals surface area contributed by atoms with E-state index in [2.05, 4.69) is 25.8 Å². The minimum Gasteiger partial charge on any atom is -0.481 e. The molecule has 2 aromatic heterocycles. The van der Waals surface area contributed by atoms with Gasteiger partial charge in [0.1, 0.15) is 0 Å². The quantitative estimate of drug-likeness (QED) is 0.744. The molecule has 7 nitrogen and oxygen atoms in total. The van der Waals surface area contributed by atoms with Crippen molar-refractivity contribution in [3.63, 3.8) is 0 Å². The van der Waals surface area contributed by atoms with Gasteiger partial charge in [-0.05, 0) is 23.5 Å². The van der Waals surface area contributed by atoms with Crippen LogP contribution >= 0.6 is 11.8 Å². The SMILES string of the molecule is CNCCn1nnnc1SCc1cccnc1OC. The minimum absolute atomic E-state index is 0.643. The monoisotopic (exact) mass is 280 g/mol. The zero-order valence-corrected chi connectivity index (χ0v) is 11.7. The van der Waals surface area contributed by atoms with Crippen LogP contribution in [0.3, 0.4) is 0 Å². The fourth-order valence-corrected chi connectivity index (χ4v) is 2.39. The van der Waals surface area contributed by atoms with E-state index in [-0.39, 0.29) is 0 Å². The predicted octanol–water partition coefficient (Wildman–Crippen LogP) is 0.588. The lowest BCUT2D eigenvalue weighted by molar-refractivity contribution is 0.394. The molecule has 19 heavy (non-hydrogen) atoms. The van der Waals surface area contributed by atoms with E-state index in [1.807, 2.05) is 19.2 Å². The molecule has 0 saturated carbocycles. The topological polar surface area (TPSA) is 77.8 Å². The van der Waals surface area contributed by atoms with Gasteiger partial charge in [0.05, 0.1) is 13.7 Å². The third-order valence-electron chi connectivity index (χ3n) is 2.47. The number of rotatable bonds is 7. The van der Waals surface area contributed by atoms with Crippen LogP contribution in [-0.4, -0.2) is 45.9 Å². The Bertz CT molecular complexity index is 517. The third-order valence-corrected chi connectivity index (χ3v) is 3.48. The second kappa shape index (κ2) is 7.05. The lowest BCUT2D eigenvalue weighted by Crippen LogP contribution is -2.16. The number of pyridine rings is 1. The van der Waals surface area contributed by atoms with Gasteiger partial charge in [0.2, 0.25) is 11.0 Å².